The summed E-state index contributed by atoms with van der Waals surface area (Å²) in [5.74, 6) is -3.06. The summed E-state index contributed by atoms with van der Waals surface area (Å²) < 4.78 is 34.6. The van der Waals surface area contributed by atoms with Crippen molar-refractivity contribution in [2.24, 2.45) is 0 Å². The average Bonchev–Trinajstić information content (AvgIpc) is 2.37. The van der Waals surface area contributed by atoms with E-state index in [1.54, 1.807) is 0 Å². The molecule has 0 aliphatic carbocycles. The number of carbonyl (C=O) groups is 1. The number of hydrogen-bond donors (Lipinski definition) is 1. The molecule has 0 amide bonds. The molecule has 1 aromatic rings. The third-order valence-electron chi connectivity index (χ3n) is 2.22. The lowest BCUT2D eigenvalue weighted by Crippen LogP contribution is -2.00. The lowest BCUT2D eigenvalue weighted by Gasteiger charge is -2.17. The third kappa shape index (κ3) is 2.91. The van der Waals surface area contributed by atoms with Crippen LogP contribution in [0.3, 0.4) is 0 Å². The number of halogens is 1. The first-order valence-electron chi connectivity index (χ1n) is 4.63. The number of hydrogen-bond acceptors (Lipinski definition) is 4. The Kier molecular flexibility index (Phi) is 4.40. The molecule has 0 aromatic heterocycles. The van der Waals surface area contributed by atoms with E-state index in [1.807, 2.05) is 0 Å². The van der Waals surface area contributed by atoms with Gasteiger partial charge in [0.2, 0.25) is 5.91 Å². The lowest BCUT2D eigenvalue weighted by molar-refractivity contribution is 0.0697. The van der Waals surface area contributed by atoms with Gasteiger partial charge < -0.3 is 14.2 Å². The molecule has 0 radical (unpaired) electrons. The van der Waals surface area contributed by atoms with Crippen molar-refractivity contribution in [3.63, 3.8) is 0 Å². The van der Waals surface area contributed by atoms with Gasteiger partial charge in [-0.1, -0.05) is 12.1 Å². The van der Waals surface area contributed by atoms with Crippen LogP contribution in [-0.4, -0.2) is 25.3 Å². The van der Waals surface area contributed by atoms with E-state index in [9.17, 15) is 13.8 Å². The van der Waals surface area contributed by atoms with Crippen LogP contribution in [0.15, 0.2) is 24.3 Å². The van der Waals surface area contributed by atoms with Gasteiger partial charge in [-0.3, -0.25) is 4.57 Å². The van der Waals surface area contributed by atoms with Crippen molar-refractivity contribution in [3.05, 3.63) is 35.4 Å². The molecule has 17 heavy (non-hydrogen) atoms. The molecule has 0 aliphatic rings. The van der Waals surface area contributed by atoms with Crippen molar-refractivity contribution in [2.45, 2.75) is 5.91 Å². The molecule has 7 heteroatoms. The minimum Gasteiger partial charge on any atom is -0.478 e. The van der Waals surface area contributed by atoms with Gasteiger partial charge >= 0.3 is 13.6 Å². The fourth-order valence-corrected chi connectivity index (χ4v) is 2.28. The molecule has 0 saturated carbocycles. The van der Waals surface area contributed by atoms with Gasteiger partial charge in [0.05, 0.1) is 5.56 Å². The predicted octanol–water partition coefficient (Wildman–Crippen LogP) is 2.84. The molecule has 0 fully saturated rings. The summed E-state index contributed by atoms with van der Waals surface area (Å²) in [6.07, 6.45) is 0. The number of aromatic carboxylic acids is 1. The normalized spacial score (nSPS) is 13.4. The van der Waals surface area contributed by atoms with Crippen molar-refractivity contribution >= 4 is 13.6 Å². The van der Waals surface area contributed by atoms with E-state index in [-0.39, 0.29) is 11.1 Å². The summed E-state index contributed by atoms with van der Waals surface area (Å²) in [5, 5.41) is 8.67. The molecule has 0 aliphatic heterocycles. The zero-order chi connectivity index (χ0) is 13.1. The van der Waals surface area contributed by atoms with Gasteiger partial charge in [-0.15, -0.1) is 0 Å². The zero-order valence-corrected chi connectivity index (χ0v) is 10.2. The van der Waals surface area contributed by atoms with Crippen LogP contribution in [0.5, 0.6) is 0 Å². The van der Waals surface area contributed by atoms with Gasteiger partial charge in [-0.05, 0) is 17.7 Å². The minimum atomic E-state index is -3.85. The topological polar surface area (TPSA) is 72.8 Å². The molecule has 1 rings (SSSR count). The van der Waals surface area contributed by atoms with Crippen LogP contribution in [0.2, 0.25) is 0 Å². The highest BCUT2D eigenvalue weighted by molar-refractivity contribution is 7.54. The highest BCUT2D eigenvalue weighted by Gasteiger charge is 2.35. The molecule has 0 bridgehead atoms. The molecular formula is C10H12FO5P. The van der Waals surface area contributed by atoms with Crippen LogP contribution in [0, 0.1) is 0 Å². The van der Waals surface area contributed by atoms with Crippen molar-refractivity contribution < 1.29 is 27.9 Å². The van der Waals surface area contributed by atoms with Crippen LogP contribution >= 0.6 is 7.60 Å². The highest BCUT2D eigenvalue weighted by Crippen LogP contribution is 2.60. The second kappa shape index (κ2) is 5.40. The van der Waals surface area contributed by atoms with E-state index >= 15 is 0 Å². The second-order valence-corrected chi connectivity index (χ2v) is 5.43. The molecule has 0 heterocycles. The Morgan fingerprint density at radius 3 is 2.12 bits per heavy atom. The first kappa shape index (κ1) is 13.8. The Bertz CT molecular complexity index is 437. The molecule has 1 unspecified atom stereocenters. The quantitative estimate of drug-likeness (QED) is 0.826. The van der Waals surface area contributed by atoms with Gasteiger partial charge in [-0.2, -0.15) is 0 Å². The summed E-state index contributed by atoms with van der Waals surface area (Å²) in [7, 11) is -1.68. The molecule has 1 aromatic carbocycles. The van der Waals surface area contributed by atoms with E-state index < -0.39 is 19.5 Å². The minimum absolute atomic E-state index is 0.0191. The highest BCUT2D eigenvalue weighted by atomic mass is 31.2. The predicted molar refractivity (Wildman–Crippen MR) is 58.9 cm³/mol. The first-order valence-corrected chi connectivity index (χ1v) is 6.24. The first-order chi connectivity index (χ1) is 7.94. The van der Waals surface area contributed by atoms with Crippen molar-refractivity contribution in [1.82, 2.24) is 0 Å². The SMILES string of the molecule is COP(=O)(OC)C(F)c1ccc(C(=O)O)cc1. The number of carboxylic acid groups (broad SMARTS) is 1. The maximum atomic E-state index is 13.9. The summed E-state index contributed by atoms with van der Waals surface area (Å²) in [4.78, 5) is 10.6. The number of carboxylic acids is 1. The van der Waals surface area contributed by atoms with Gasteiger partial charge in [0, 0.05) is 14.2 Å². The Morgan fingerprint density at radius 2 is 1.76 bits per heavy atom. The Morgan fingerprint density at radius 1 is 1.29 bits per heavy atom. The zero-order valence-electron chi connectivity index (χ0n) is 9.29. The fourth-order valence-electron chi connectivity index (χ4n) is 1.23. The molecule has 0 spiro atoms. The van der Waals surface area contributed by atoms with Gasteiger partial charge in [0.15, 0.2) is 0 Å². The molecule has 5 nitrogen and oxygen atoms in total. The second-order valence-electron chi connectivity index (χ2n) is 3.17. The van der Waals surface area contributed by atoms with Crippen molar-refractivity contribution in [3.8, 4) is 0 Å². The molecule has 1 atom stereocenters. The van der Waals surface area contributed by atoms with Crippen LogP contribution < -0.4 is 0 Å². The number of alkyl halides is 1. The fraction of sp³-hybridized carbons (Fsp3) is 0.300. The molecule has 0 saturated heterocycles. The Hall–Kier alpha value is -1.23. The summed E-state index contributed by atoms with van der Waals surface area (Å²) in [6, 6.07) is 4.91. The monoisotopic (exact) mass is 262 g/mol. The van der Waals surface area contributed by atoms with Crippen LogP contribution in [-0.2, 0) is 13.6 Å². The Labute approximate surface area is 97.7 Å². The lowest BCUT2D eigenvalue weighted by atomic mass is 10.1. The number of rotatable bonds is 5. The smallest absolute Gasteiger partial charge is 0.368 e. The van der Waals surface area contributed by atoms with Crippen LogP contribution in [0.1, 0.15) is 21.8 Å². The van der Waals surface area contributed by atoms with Crippen molar-refractivity contribution in [2.75, 3.05) is 14.2 Å². The van der Waals surface area contributed by atoms with E-state index in [0.717, 1.165) is 14.2 Å². The number of benzene rings is 1. The maximum Gasteiger partial charge on any atom is 0.368 e. The standard InChI is InChI=1S/C10H12FO5P/c1-15-17(14,16-2)9(11)7-3-5-8(6-4-7)10(12)13/h3-6,9H,1-2H3,(H,12,13). The summed E-state index contributed by atoms with van der Waals surface area (Å²) in [5.41, 5.74) is 0.0626. The van der Waals surface area contributed by atoms with E-state index in [4.69, 9.17) is 5.11 Å². The van der Waals surface area contributed by atoms with Crippen LogP contribution in [0.25, 0.3) is 0 Å². The molecule has 94 valence electrons. The average molecular weight is 262 g/mol. The van der Waals surface area contributed by atoms with E-state index in [2.05, 4.69) is 9.05 Å². The summed E-state index contributed by atoms with van der Waals surface area (Å²) in [6.45, 7) is 0. The van der Waals surface area contributed by atoms with E-state index in [1.165, 1.54) is 24.3 Å². The maximum absolute atomic E-state index is 13.9. The van der Waals surface area contributed by atoms with Gasteiger partial charge in [0.25, 0.3) is 0 Å². The largest absolute Gasteiger partial charge is 0.478 e. The van der Waals surface area contributed by atoms with Gasteiger partial charge in [0.1, 0.15) is 0 Å². The van der Waals surface area contributed by atoms with Crippen LogP contribution in [0.4, 0.5) is 4.39 Å². The third-order valence-corrected chi connectivity index (χ3v) is 4.09. The van der Waals surface area contributed by atoms with Crippen molar-refractivity contribution in [1.29, 1.82) is 0 Å². The van der Waals surface area contributed by atoms with E-state index in [0.29, 0.717) is 0 Å². The van der Waals surface area contributed by atoms with Gasteiger partial charge in [-0.25, -0.2) is 9.18 Å². The molecule has 1 N–H and O–H groups in total. The summed E-state index contributed by atoms with van der Waals surface area (Å²) >= 11 is 0. The molecular weight excluding hydrogens is 250 g/mol. The Balaban J connectivity index is 3.01.